The molecule has 0 saturated carbocycles. The van der Waals surface area contributed by atoms with Gasteiger partial charge in [-0.3, -0.25) is 9.69 Å². The average molecular weight is 410 g/mol. The maximum atomic E-state index is 12.5. The van der Waals surface area contributed by atoms with E-state index >= 15 is 0 Å². The predicted octanol–water partition coefficient (Wildman–Crippen LogP) is 3.57. The van der Waals surface area contributed by atoms with Crippen LogP contribution >= 0.6 is 24.8 Å². The van der Waals surface area contributed by atoms with Gasteiger partial charge < -0.3 is 10.6 Å². The van der Waals surface area contributed by atoms with E-state index < -0.39 is 0 Å². The van der Waals surface area contributed by atoms with Crippen molar-refractivity contribution in [2.24, 2.45) is 5.73 Å². The normalized spacial score (nSPS) is 15.4. The van der Waals surface area contributed by atoms with Gasteiger partial charge in [0.05, 0.1) is 0 Å². The Kier molecular flexibility index (Phi) is 9.81. The minimum atomic E-state index is -0.223. The third-order valence-corrected chi connectivity index (χ3v) is 5.00. The van der Waals surface area contributed by atoms with E-state index in [4.69, 9.17) is 5.73 Å². The van der Waals surface area contributed by atoms with Crippen molar-refractivity contribution in [1.29, 1.82) is 0 Å². The lowest BCUT2D eigenvalue weighted by molar-refractivity contribution is -0.133. The predicted molar refractivity (Wildman–Crippen MR) is 116 cm³/mol. The van der Waals surface area contributed by atoms with E-state index in [1.54, 1.807) is 0 Å². The van der Waals surface area contributed by atoms with Gasteiger partial charge in [-0.25, -0.2) is 0 Å². The molecule has 1 amide bonds. The first-order chi connectivity index (χ1) is 12.1. The standard InChI is InChI=1S/C21H27N3O.2ClH/c1-17-7-5-6-10-19(17)16-23-11-13-24(14-12-23)21(25)15-20(22)18-8-3-2-4-9-18;;/h2-10,20H,11-16,22H2,1H3;2*1H. The Bertz CT molecular complexity index is 704. The Labute approximate surface area is 174 Å². The highest BCUT2D eigenvalue weighted by Crippen LogP contribution is 2.17. The lowest BCUT2D eigenvalue weighted by Crippen LogP contribution is -2.48. The van der Waals surface area contributed by atoms with Crippen LogP contribution in [0.2, 0.25) is 0 Å². The Balaban J connectivity index is 0.00000182. The fourth-order valence-corrected chi connectivity index (χ4v) is 3.32. The van der Waals surface area contributed by atoms with Crippen LogP contribution in [0.4, 0.5) is 0 Å². The van der Waals surface area contributed by atoms with Crippen LogP contribution in [0.15, 0.2) is 54.6 Å². The second-order valence-corrected chi connectivity index (χ2v) is 6.80. The van der Waals surface area contributed by atoms with Gasteiger partial charge in [-0.15, -0.1) is 24.8 Å². The first-order valence-corrected chi connectivity index (χ1v) is 8.98. The van der Waals surface area contributed by atoms with Gasteiger partial charge in [0.15, 0.2) is 0 Å². The number of halogens is 2. The molecule has 1 unspecified atom stereocenters. The first-order valence-electron chi connectivity index (χ1n) is 8.98. The summed E-state index contributed by atoms with van der Waals surface area (Å²) in [6, 6.07) is 18.1. The zero-order valence-corrected chi connectivity index (χ0v) is 17.3. The quantitative estimate of drug-likeness (QED) is 0.820. The molecule has 0 aromatic heterocycles. The third-order valence-electron chi connectivity index (χ3n) is 5.00. The molecular formula is C21H29Cl2N3O. The highest BCUT2D eigenvalue weighted by Gasteiger charge is 2.23. The van der Waals surface area contributed by atoms with Crippen molar-refractivity contribution in [2.75, 3.05) is 26.2 Å². The van der Waals surface area contributed by atoms with Crippen molar-refractivity contribution in [1.82, 2.24) is 9.80 Å². The van der Waals surface area contributed by atoms with Gasteiger partial charge in [-0.05, 0) is 23.6 Å². The Morgan fingerprint density at radius 3 is 2.19 bits per heavy atom. The van der Waals surface area contributed by atoms with Gasteiger partial charge in [0.25, 0.3) is 0 Å². The summed E-state index contributed by atoms with van der Waals surface area (Å²) in [7, 11) is 0. The molecule has 0 spiro atoms. The number of benzene rings is 2. The third kappa shape index (κ3) is 6.51. The van der Waals surface area contributed by atoms with E-state index in [1.165, 1.54) is 11.1 Å². The van der Waals surface area contributed by atoms with E-state index in [9.17, 15) is 4.79 Å². The summed E-state index contributed by atoms with van der Waals surface area (Å²) >= 11 is 0. The number of rotatable bonds is 5. The summed E-state index contributed by atoms with van der Waals surface area (Å²) in [5, 5.41) is 0. The van der Waals surface area contributed by atoms with Gasteiger partial charge in [0, 0.05) is 45.2 Å². The number of nitrogens with zero attached hydrogens (tertiary/aromatic N) is 2. The van der Waals surface area contributed by atoms with Crippen LogP contribution in [-0.4, -0.2) is 41.9 Å². The number of carbonyl (C=O) groups excluding carboxylic acids is 1. The smallest absolute Gasteiger partial charge is 0.224 e. The summed E-state index contributed by atoms with van der Waals surface area (Å²) in [5.41, 5.74) is 9.91. The summed E-state index contributed by atoms with van der Waals surface area (Å²) in [6.45, 7) is 6.51. The molecule has 1 aliphatic rings. The molecule has 1 fully saturated rings. The van der Waals surface area contributed by atoms with Crippen LogP contribution in [0.5, 0.6) is 0 Å². The van der Waals surface area contributed by atoms with Gasteiger partial charge in [-0.2, -0.15) is 0 Å². The fourth-order valence-electron chi connectivity index (χ4n) is 3.32. The van der Waals surface area contributed by atoms with Crippen molar-refractivity contribution >= 4 is 30.7 Å². The number of hydrogen-bond donors (Lipinski definition) is 1. The minimum absolute atomic E-state index is 0. The van der Waals surface area contributed by atoms with Crippen LogP contribution in [0.25, 0.3) is 0 Å². The molecule has 27 heavy (non-hydrogen) atoms. The molecule has 2 aromatic rings. The van der Waals surface area contributed by atoms with Crippen molar-refractivity contribution in [3.8, 4) is 0 Å². The Morgan fingerprint density at radius 1 is 0.963 bits per heavy atom. The highest BCUT2D eigenvalue weighted by atomic mass is 35.5. The molecule has 1 saturated heterocycles. The molecule has 6 heteroatoms. The van der Waals surface area contributed by atoms with Gasteiger partial charge >= 0.3 is 0 Å². The van der Waals surface area contributed by atoms with Gasteiger partial charge in [0.1, 0.15) is 0 Å². The van der Waals surface area contributed by atoms with Crippen LogP contribution in [-0.2, 0) is 11.3 Å². The van der Waals surface area contributed by atoms with Crippen molar-refractivity contribution in [2.45, 2.75) is 25.9 Å². The summed E-state index contributed by atoms with van der Waals surface area (Å²) in [4.78, 5) is 16.9. The number of nitrogens with two attached hydrogens (primary N) is 1. The number of piperazine rings is 1. The molecule has 0 aliphatic carbocycles. The monoisotopic (exact) mass is 409 g/mol. The highest BCUT2D eigenvalue weighted by molar-refractivity contribution is 5.85. The molecule has 4 nitrogen and oxygen atoms in total. The molecular weight excluding hydrogens is 381 g/mol. The van der Waals surface area contributed by atoms with E-state index in [-0.39, 0.29) is 36.8 Å². The molecule has 1 heterocycles. The second kappa shape index (κ2) is 11.3. The second-order valence-electron chi connectivity index (χ2n) is 6.80. The van der Waals surface area contributed by atoms with Crippen LogP contribution in [0.3, 0.4) is 0 Å². The maximum absolute atomic E-state index is 12.5. The maximum Gasteiger partial charge on any atom is 0.224 e. The van der Waals surface area contributed by atoms with Crippen molar-refractivity contribution < 1.29 is 4.79 Å². The number of aryl methyl sites for hydroxylation is 1. The molecule has 2 aromatic carbocycles. The molecule has 1 atom stereocenters. The Morgan fingerprint density at radius 2 is 1.56 bits per heavy atom. The van der Waals surface area contributed by atoms with Crippen LogP contribution in [0, 0.1) is 6.92 Å². The summed E-state index contributed by atoms with van der Waals surface area (Å²) < 4.78 is 0. The molecule has 148 valence electrons. The largest absolute Gasteiger partial charge is 0.340 e. The van der Waals surface area contributed by atoms with Crippen molar-refractivity contribution in [3.05, 3.63) is 71.3 Å². The van der Waals surface area contributed by atoms with Crippen LogP contribution in [0.1, 0.15) is 29.2 Å². The number of hydrogen-bond acceptors (Lipinski definition) is 3. The first kappa shape index (κ1) is 23.4. The lowest BCUT2D eigenvalue weighted by atomic mass is 10.0. The van der Waals surface area contributed by atoms with E-state index in [0.29, 0.717) is 6.42 Å². The fraction of sp³-hybridized carbons (Fsp3) is 0.381. The van der Waals surface area contributed by atoms with Gasteiger partial charge in [0.2, 0.25) is 5.91 Å². The van der Waals surface area contributed by atoms with Crippen LogP contribution < -0.4 is 5.73 Å². The van der Waals surface area contributed by atoms with E-state index in [2.05, 4.69) is 36.1 Å². The van der Waals surface area contributed by atoms with E-state index in [1.807, 2.05) is 35.2 Å². The zero-order valence-electron chi connectivity index (χ0n) is 15.7. The molecule has 0 bridgehead atoms. The SMILES string of the molecule is Cc1ccccc1CN1CCN(C(=O)CC(N)c2ccccc2)CC1.Cl.Cl. The topological polar surface area (TPSA) is 49.6 Å². The van der Waals surface area contributed by atoms with Crippen molar-refractivity contribution in [3.63, 3.8) is 0 Å². The lowest BCUT2D eigenvalue weighted by Gasteiger charge is -2.35. The molecule has 1 aliphatic heterocycles. The summed E-state index contributed by atoms with van der Waals surface area (Å²) in [6.07, 6.45) is 0.377. The zero-order chi connectivity index (χ0) is 17.6. The number of carbonyl (C=O) groups is 1. The Hall–Kier alpha value is -1.59. The minimum Gasteiger partial charge on any atom is -0.340 e. The van der Waals surface area contributed by atoms with E-state index in [0.717, 1.165) is 38.3 Å². The molecule has 0 radical (unpaired) electrons. The summed E-state index contributed by atoms with van der Waals surface area (Å²) in [5.74, 6) is 0.159. The molecule has 2 N–H and O–H groups in total. The van der Waals surface area contributed by atoms with Gasteiger partial charge in [-0.1, -0.05) is 54.6 Å². The number of amides is 1. The molecule has 3 rings (SSSR count). The average Bonchev–Trinajstić information content (AvgIpc) is 2.65.